The average Bonchev–Trinajstić information content (AvgIpc) is 3.78. The van der Waals surface area contributed by atoms with Crippen molar-refractivity contribution in [2.75, 3.05) is 24.5 Å². The highest BCUT2D eigenvalue weighted by molar-refractivity contribution is 7.09. The molecule has 0 amide bonds. The highest BCUT2D eigenvalue weighted by Gasteiger charge is 2.48. The predicted octanol–water partition coefficient (Wildman–Crippen LogP) is 6.24. The van der Waals surface area contributed by atoms with E-state index in [9.17, 15) is 52.7 Å². The first kappa shape index (κ1) is 46.8. The molecule has 2 aliphatic heterocycles. The van der Waals surface area contributed by atoms with E-state index >= 15 is 0 Å². The Labute approximate surface area is 298 Å². The standard InChI is InChI=1S/C21H22N4S.4C2HF3O2/c1-4-17(12-22-8-1)13-25-16-21(20-19(25)6-2-9-23-20)7-10-24(15-21)14-18-5-3-11-26-18;4*3-2(4,5)1(6)7/h1-6,8-9,11-12H,7,10,13-16H2;4*(H,6,7). The second-order valence-electron chi connectivity index (χ2n) is 10.6. The Hall–Kier alpha value is -5.20. The van der Waals surface area contributed by atoms with Gasteiger partial charge in [0, 0.05) is 55.1 Å². The molecule has 5 heterocycles. The molecule has 1 saturated heterocycles. The second kappa shape index (κ2) is 19.2. The summed E-state index contributed by atoms with van der Waals surface area (Å²) in [4.78, 5) is 51.2. The normalized spacial score (nSPS) is 16.6. The molecule has 54 heavy (non-hydrogen) atoms. The lowest BCUT2D eigenvalue weighted by molar-refractivity contribution is -0.193. The van der Waals surface area contributed by atoms with Gasteiger partial charge in [0.25, 0.3) is 0 Å². The van der Waals surface area contributed by atoms with Gasteiger partial charge in [0.05, 0.1) is 11.4 Å². The van der Waals surface area contributed by atoms with Crippen molar-refractivity contribution in [1.29, 1.82) is 0 Å². The van der Waals surface area contributed by atoms with Gasteiger partial charge >= 0.3 is 48.6 Å². The van der Waals surface area contributed by atoms with Gasteiger partial charge in [-0.1, -0.05) is 12.1 Å². The fraction of sp³-hybridized carbons (Fsp3) is 0.379. The first-order valence-electron chi connectivity index (χ1n) is 14.1. The Kier molecular flexibility index (Phi) is 16.7. The molecular formula is C29H26F12N4O8S. The number of hydrogen-bond acceptors (Lipinski definition) is 9. The molecule has 2 aliphatic rings. The van der Waals surface area contributed by atoms with Crippen LogP contribution in [0.25, 0.3) is 0 Å². The van der Waals surface area contributed by atoms with E-state index in [1.807, 2.05) is 36.0 Å². The number of anilines is 1. The second-order valence-corrected chi connectivity index (χ2v) is 11.7. The highest BCUT2D eigenvalue weighted by atomic mass is 32.1. The minimum absolute atomic E-state index is 0.163. The Morgan fingerprint density at radius 1 is 0.685 bits per heavy atom. The van der Waals surface area contributed by atoms with Gasteiger partial charge in [0.15, 0.2) is 0 Å². The molecular weight excluding hydrogens is 792 g/mol. The molecule has 0 radical (unpaired) electrons. The molecule has 0 bridgehead atoms. The molecule has 0 saturated carbocycles. The van der Waals surface area contributed by atoms with Crippen molar-refractivity contribution in [1.82, 2.24) is 14.9 Å². The van der Waals surface area contributed by atoms with Crippen LogP contribution < -0.4 is 4.90 Å². The third-order valence-corrected chi connectivity index (χ3v) is 7.44. The predicted molar refractivity (Wildman–Crippen MR) is 160 cm³/mol. The maximum Gasteiger partial charge on any atom is 0.490 e. The monoisotopic (exact) mass is 818 g/mol. The smallest absolute Gasteiger partial charge is 0.475 e. The molecule has 1 unspecified atom stereocenters. The van der Waals surface area contributed by atoms with Gasteiger partial charge in [-0.15, -0.1) is 11.3 Å². The minimum atomic E-state index is -5.08. The zero-order chi connectivity index (χ0) is 41.7. The molecule has 5 rings (SSSR count). The van der Waals surface area contributed by atoms with Crippen molar-refractivity contribution in [3.05, 3.63) is 76.5 Å². The van der Waals surface area contributed by atoms with E-state index in [4.69, 9.17) is 44.6 Å². The summed E-state index contributed by atoms with van der Waals surface area (Å²) in [6, 6.07) is 12.9. The summed E-state index contributed by atoms with van der Waals surface area (Å²) in [6.07, 6.45) is -13.4. The van der Waals surface area contributed by atoms with Gasteiger partial charge in [-0.3, -0.25) is 14.9 Å². The van der Waals surface area contributed by atoms with Gasteiger partial charge in [-0.2, -0.15) is 52.7 Å². The first-order valence-corrected chi connectivity index (χ1v) is 15.0. The summed E-state index contributed by atoms with van der Waals surface area (Å²) in [5, 5.41) is 30.7. The summed E-state index contributed by atoms with van der Waals surface area (Å²) < 4.78 is 127. The summed E-state index contributed by atoms with van der Waals surface area (Å²) in [5.74, 6) is -11.0. The van der Waals surface area contributed by atoms with Crippen LogP contribution in [-0.4, -0.2) is 104 Å². The molecule has 12 nitrogen and oxygen atoms in total. The van der Waals surface area contributed by atoms with Crippen LogP contribution in [0.3, 0.4) is 0 Å². The van der Waals surface area contributed by atoms with E-state index in [1.165, 1.54) is 28.2 Å². The molecule has 300 valence electrons. The number of aliphatic carboxylic acids is 4. The van der Waals surface area contributed by atoms with Crippen LogP contribution in [0.2, 0.25) is 0 Å². The third kappa shape index (κ3) is 15.8. The number of aromatic nitrogens is 2. The number of alkyl halides is 12. The van der Waals surface area contributed by atoms with Crippen LogP contribution in [0, 0.1) is 0 Å². The van der Waals surface area contributed by atoms with Crippen LogP contribution in [0.4, 0.5) is 58.4 Å². The molecule has 0 aromatic carbocycles. The van der Waals surface area contributed by atoms with Crippen LogP contribution in [-0.2, 0) is 37.7 Å². The maximum atomic E-state index is 10.6. The largest absolute Gasteiger partial charge is 0.490 e. The van der Waals surface area contributed by atoms with E-state index in [-0.39, 0.29) is 5.41 Å². The lowest BCUT2D eigenvalue weighted by Crippen LogP contribution is -2.36. The topological polar surface area (TPSA) is 181 Å². The number of likely N-dealkylation sites (tertiary alicyclic amines) is 1. The van der Waals surface area contributed by atoms with E-state index in [0.29, 0.717) is 0 Å². The highest BCUT2D eigenvalue weighted by Crippen LogP contribution is 2.45. The molecule has 25 heteroatoms. The Bertz CT molecular complexity index is 1580. The van der Waals surface area contributed by atoms with Crippen molar-refractivity contribution in [2.24, 2.45) is 0 Å². The van der Waals surface area contributed by atoms with E-state index in [0.717, 1.165) is 32.7 Å². The lowest BCUT2D eigenvalue weighted by Gasteiger charge is -2.25. The summed E-state index contributed by atoms with van der Waals surface area (Å²) in [5.41, 5.74) is 4.01. The van der Waals surface area contributed by atoms with Crippen molar-refractivity contribution in [3.8, 4) is 0 Å². The number of hydrogen-bond donors (Lipinski definition) is 4. The van der Waals surface area contributed by atoms with Crippen molar-refractivity contribution in [3.63, 3.8) is 0 Å². The Balaban J connectivity index is 0.000000427. The van der Waals surface area contributed by atoms with Gasteiger partial charge in [0.1, 0.15) is 0 Å². The number of carbonyl (C=O) groups is 4. The fourth-order valence-electron chi connectivity index (χ4n) is 4.48. The first-order chi connectivity index (χ1) is 24.6. The quantitative estimate of drug-likeness (QED) is 0.218. The number of thiophene rings is 1. The van der Waals surface area contributed by atoms with Gasteiger partial charge < -0.3 is 25.3 Å². The Morgan fingerprint density at radius 3 is 1.57 bits per heavy atom. The average molecular weight is 819 g/mol. The van der Waals surface area contributed by atoms with Crippen LogP contribution >= 0.6 is 11.3 Å². The van der Waals surface area contributed by atoms with Crippen LogP contribution in [0.15, 0.2) is 60.4 Å². The van der Waals surface area contributed by atoms with Gasteiger partial charge in [-0.25, -0.2) is 19.2 Å². The zero-order valence-corrected chi connectivity index (χ0v) is 27.5. The van der Waals surface area contributed by atoms with Crippen molar-refractivity contribution < 1.29 is 92.3 Å². The third-order valence-electron chi connectivity index (χ3n) is 6.58. The number of fused-ring (bicyclic) bond motifs is 2. The molecule has 1 spiro atoms. The number of pyridine rings is 2. The Morgan fingerprint density at radius 2 is 1.17 bits per heavy atom. The molecule has 4 N–H and O–H groups in total. The number of carboxylic acids is 4. The molecule has 3 aromatic heterocycles. The molecule has 0 aliphatic carbocycles. The molecule has 1 atom stereocenters. The van der Waals surface area contributed by atoms with Gasteiger partial charge in [-0.05, 0) is 48.2 Å². The van der Waals surface area contributed by atoms with E-state index in [2.05, 4.69) is 50.5 Å². The van der Waals surface area contributed by atoms with Crippen molar-refractivity contribution >= 4 is 40.9 Å². The molecule has 1 fully saturated rings. The SMILES string of the molecule is O=C(O)C(F)(F)F.O=C(O)C(F)(F)F.O=C(O)C(F)(F)F.O=C(O)C(F)(F)F.c1cncc(CN2CC3(CCN(Cc4cccs4)C3)c3ncccc32)c1. The fourth-order valence-corrected chi connectivity index (χ4v) is 5.22. The van der Waals surface area contributed by atoms with Crippen molar-refractivity contribution in [2.45, 2.75) is 49.6 Å². The van der Waals surface area contributed by atoms with Crippen LogP contribution in [0.5, 0.6) is 0 Å². The van der Waals surface area contributed by atoms with Crippen LogP contribution in [0.1, 0.15) is 22.6 Å². The number of halogens is 12. The summed E-state index contributed by atoms with van der Waals surface area (Å²) in [6.45, 7) is 5.26. The van der Waals surface area contributed by atoms with E-state index in [1.54, 1.807) is 0 Å². The zero-order valence-electron chi connectivity index (χ0n) is 26.7. The van der Waals surface area contributed by atoms with E-state index < -0.39 is 48.6 Å². The number of carboxylic acid groups (broad SMARTS) is 4. The molecule has 3 aromatic rings. The van der Waals surface area contributed by atoms with Gasteiger partial charge in [0.2, 0.25) is 0 Å². The number of nitrogens with zero attached hydrogens (tertiary/aromatic N) is 4. The lowest BCUT2D eigenvalue weighted by atomic mass is 9.85. The number of rotatable bonds is 4. The summed E-state index contributed by atoms with van der Waals surface area (Å²) >= 11 is 1.85. The maximum absolute atomic E-state index is 10.6. The minimum Gasteiger partial charge on any atom is -0.475 e. The summed E-state index contributed by atoms with van der Waals surface area (Å²) in [7, 11) is 0.